The normalized spacial score (nSPS) is 11.0. The minimum Gasteiger partial charge on any atom is -0.873 e. The molecule has 0 saturated carbocycles. The first-order valence-corrected chi connectivity index (χ1v) is 13.5. The van der Waals surface area contributed by atoms with Crippen molar-refractivity contribution in [2.45, 2.75) is 67.7 Å². The van der Waals surface area contributed by atoms with Crippen molar-refractivity contribution < 1.29 is 26.7 Å². The maximum absolute atomic E-state index is 11.3. The van der Waals surface area contributed by atoms with Crippen LogP contribution in [0.4, 0.5) is 22.7 Å². The van der Waals surface area contributed by atoms with E-state index in [1.165, 1.54) is 11.1 Å². The fourth-order valence-corrected chi connectivity index (χ4v) is 3.84. The van der Waals surface area contributed by atoms with Crippen molar-refractivity contribution >= 4 is 34.7 Å². The standard InChI is InChI=1S/C22H30N4.C10H14O2.Ni/c1-6-18(26-20-12-10-17(5)14-22(20)24-8-3)15-25-19-11-9-16(4)13-21(19)23-7-2;1-3-4-8-6-5-7(2)9(11)10(8)12;/h9-15,23-24H,6-8H2,1-5H3;5-6,11-12H,3-4H2,1-2H3;/q;;+2/p-2. The van der Waals surface area contributed by atoms with Gasteiger partial charge in [0.1, 0.15) is 0 Å². The Morgan fingerprint density at radius 1 is 0.769 bits per heavy atom. The molecule has 0 saturated heterocycles. The summed E-state index contributed by atoms with van der Waals surface area (Å²) in [5.74, 6) is -0.669. The second-order valence-corrected chi connectivity index (χ2v) is 9.27. The van der Waals surface area contributed by atoms with Crippen molar-refractivity contribution in [1.29, 1.82) is 0 Å². The molecule has 0 aromatic heterocycles. The molecule has 0 heterocycles. The number of aliphatic imine (C=N–C) groups is 2. The molecular formula is C32H42N4NiO2. The third kappa shape index (κ3) is 10.4. The zero-order chi connectivity index (χ0) is 28.1. The molecule has 0 amide bonds. The van der Waals surface area contributed by atoms with Crippen molar-refractivity contribution in [3.8, 4) is 11.5 Å². The summed E-state index contributed by atoms with van der Waals surface area (Å²) in [5, 5.41) is 29.2. The van der Waals surface area contributed by atoms with Crippen LogP contribution < -0.4 is 20.8 Å². The average Bonchev–Trinajstić information content (AvgIpc) is 2.90. The van der Waals surface area contributed by atoms with Crippen LogP contribution in [0.1, 0.15) is 62.8 Å². The second-order valence-electron chi connectivity index (χ2n) is 9.27. The zero-order valence-corrected chi connectivity index (χ0v) is 25.2. The van der Waals surface area contributed by atoms with E-state index in [2.05, 4.69) is 80.6 Å². The van der Waals surface area contributed by atoms with Crippen LogP contribution in [0.2, 0.25) is 0 Å². The van der Waals surface area contributed by atoms with E-state index in [-0.39, 0.29) is 28.0 Å². The maximum atomic E-state index is 11.3. The molecule has 39 heavy (non-hydrogen) atoms. The third-order valence-electron chi connectivity index (χ3n) is 5.93. The topological polar surface area (TPSA) is 94.9 Å². The van der Waals surface area contributed by atoms with Gasteiger partial charge in [-0.25, -0.2) is 4.99 Å². The predicted octanol–water partition coefficient (Wildman–Crippen LogP) is 7.14. The summed E-state index contributed by atoms with van der Waals surface area (Å²) in [4.78, 5) is 9.52. The Hall–Kier alpha value is -3.31. The molecule has 7 heteroatoms. The molecule has 3 aromatic carbocycles. The monoisotopic (exact) mass is 572 g/mol. The first-order chi connectivity index (χ1) is 18.2. The molecule has 3 aromatic rings. The molecule has 0 fully saturated rings. The minimum absolute atomic E-state index is 0. The molecule has 0 aliphatic rings. The Bertz CT molecular complexity index is 1260. The van der Waals surface area contributed by atoms with Crippen molar-refractivity contribution in [2.24, 2.45) is 9.98 Å². The smallest absolute Gasteiger partial charge is 0.873 e. The minimum atomic E-state index is -0.346. The van der Waals surface area contributed by atoms with Gasteiger partial charge in [0, 0.05) is 19.3 Å². The number of anilines is 2. The molecule has 0 unspecified atom stereocenters. The van der Waals surface area contributed by atoms with E-state index in [0.717, 1.165) is 54.4 Å². The van der Waals surface area contributed by atoms with Crippen molar-refractivity contribution in [2.75, 3.05) is 23.7 Å². The Morgan fingerprint density at radius 3 is 1.87 bits per heavy atom. The Balaban J connectivity index is 0.000000492. The molecule has 3 rings (SSSR count). The molecule has 0 atom stereocenters. The van der Waals surface area contributed by atoms with Crippen LogP contribution >= 0.6 is 0 Å². The SMILES string of the molecule is CCCc1ccc(C)c([O-])c1[O-].CCNc1cc(C)ccc1N=CC(CC)=Nc1ccc(C)cc1NCC.[Ni+2]. The molecule has 6 nitrogen and oxygen atoms in total. The van der Waals surface area contributed by atoms with E-state index >= 15 is 0 Å². The summed E-state index contributed by atoms with van der Waals surface area (Å²) < 4.78 is 0. The third-order valence-corrected chi connectivity index (χ3v) is 5.93. The number of hydrogen-bond acceptors (Lipinski definition) is 6. The van der Waals surface area contributed by atoms with Gasteiger partial charge in [-0.15, -0.1) is 11.5 Å². The maximum Gasteiger partial charge on any atom is 2.00 e. The van der Waals surface area contributed by atoms with Gasteiger partial charge < -0.3 is 20.8 Å². The molecule has 0 bridgehead atoms. The predicted molar refractivity (Wildman–Crippen MR) is 160 cm³/mol. The van der Waals surface area contributed by atoms with E-state index in [1.54, 1.807) is 19.1 Å². The fourth-order valence-electron chi connectivity index (χ4n) is 3.84. The van der Waals surface area contributed by atoms with Crippen LogP contribution in [-0.2, 0) is 22.9 Å². The van der Waals surface area contributed by atoms with Gasteiger partial charge >= 0.3 is 16.5 Å². The molecule has 0 spiro atoms. The fraction of sp³-hybridized carbons (Fsp3) is 0.375. The van der Waals surface area contributed by atoms with Crippen molar-refractivity contribution in [1.82, 2.24) is 0 Å². The quantitative estimate of drug-likeness (QED) is 0.199. The zero-order valence-electron chi connectivity index (χ0n) is 24.3. The van der Waals surface area contributed by atoms with E-state index in [1.807, 2.05) is 19.2 Å². The molecular weight excluding hydrogens is 531 g/mol. The Kier molecular flexibility index (Phi) is 15.0. The van der Waals surface area contributed by atoms with Crippen molar-refractivity contribution in [3.63, 3.8) is 0 Å². The largest absolute Gasteiger partial charge is 2.00 e. The average molecular weight is 573 g/mol. The molecule has 0 aliphatic carbocycles. The Labute approximate surface area is 244 Å². The van der Waals surface area contributed by atoms with Gasteiger partial charge in [0.05, 0.1) is 28.5 Å². The van der Waals surface area contributed by atoms with Crippen LogP contribution in [-0.4, -0.2) is 25.0 Å². The van der Waals surface area contributed by atoms with Crippen LogP contribution in [0.15, 0.2) is 58.5 Å². The summed E-state index contributed by atoms with van der Waals surface area (Å²) in [6.07, 6.45) is 4.30. The molecule has 2 N–H and O–H groups in total. The summed E-state index contributed by atoms with van der Waals surface area (Å²) in [5.41, 5.74) is 8.61. The van der Waals surface area contributed by atoms with Gasteiger partial charge in [0.15, 0.2) is 0 Å². The van der Waals surface area contributed by atoms with E-state index in [0.29, 0.717) is 17.5 Å². The van der Waals surface area contributed by atoms with E-state index in [4.69, 9.17) is 4.99 Å². The molecule has 0 aliphatic heterocycles. The van der Waals surface area contributed by atoms with Gasteiger partial charge in [0.2, 0.25) is 0 Å². The number of nitrogens with zero attached hydrogens (tertiary/aromatic N) is 2. The van der Waals surface area contributed by atoms with Crippen LogP contribution in [0, 0.1) is 20.8 Å². The number of aryl methyl sites for hydroxylation is 4. The summed E-state index contributed by atoms with van der Waals surface area (Å²) in [6, 6.07) is 16.0. The summed E-state index contributed by atoms with van der Waals surface area (Å²) in [7, 11) is 0. The van der Waals surface area contributed by atoms with Gasteiger partial charge in [-0.1, -0.05) is 55.7 Å². The van der Waals surface area contributed by atoms with Crippen molar-refractivity contribution in [3.05, 3.63) is 70.8 Å². The van der Waals surface area contributed by atoms with Gasteiger partial charge in [-0.2, -0.15) is 0 Å². The van der Waals surface area contributed by atoms with Crippen LogP contribution in [0.3, 0.4) is 0 Å². The van der Waals surface area contributed by atoms with Crippen LogP contribution in [0.5, 0.6) is 11.5 Å². The molecule has 0 radical (unpaired) electrons. The van der Waals surface area contributed by atoms with Crippen LogP contribution in [0.25, 0.3) is 0 Å². The first-order valence-electron chi connectivity index (χ1n) is 13.5. The Morgan fingerprint density at radius 2 is 1.33 bits per heavy atom. The van der Waals surface area contributed by atoms with Gasteiger partial charge in [-0.3, -0.25) is 4.99 Å². The summed E-state index contributed by atoms with van der Waals surface area (Å²) in [6.45, 7) is 15.9. The number of benzene rings is 3. The van der Waals surface area contributed by atoms with E-state index in [9.17, 15) is 10.2 Å². The van der Waals surface area contributed by atoms with E-state index < -0.39 is 0 Å². The second kappa shape index (κ2) is 17.3. The number of rotatable bonds is 10. The summed E-state index contributed by atoms with van der Waals surface area (Å²) >= 11 is 0. The number of hydrogen-bond donors (Lipinski definition) is 2. The van der Waals surface area contributed by atoms with Gasteiger partial charge in [0.25, 0.3) is 0 Å². The van der Waals surface area contributed by atoms with Gasteiger partial charge in [-0.05, 0) is 82.9 Å². The molecule has 212 valence electrons. The first kappa shape index (κ1) is 33.7. The number of nitrogens with one attached hydrogen (secondary N) is 2.